The van der Waals surface area contributed by atoms with Crippen LogP contribution in [0.25, 0.3) is 0 Å². The second-order valence-corrected chi connectivity index (χ2v) is 4.75. The fourth-order valence-corrected chi connectivity index (χ4v) is 1.28. The third-order valence-corrected chi connectivity index (χ3v) is 2.50. The van der Waals surface area contributed by atoms with Crippen molar-refractivity contribution in [3.63, 3.8) is 0 Å². The standard InChI is InChI=1S/C13H18O3/c1-9-5-6-11(10(2)7-9)16-8-13(3,4)12(14)15/h5-7H,8H2,1-4H3,(H,14,15). The number of aliphatic carboxylic acids is 1. The van der Waals surface area contributed by atoms with Crippen molar-refractivity contribution in [2.24, 2.45) is 5.41 Å². The fourth-order valence-electron chi connectivity index (χ4n) is 1.28. The lowest BCUT2D eigenvalue weighted by Crippen LogP contribution is -2.30. The second-order valence-electron chi connectivity index (χ2n) is 4.75. The molecule has 3 heteroatoms. The van der Waals surface area contributed by atoms with Crippen LogP contribution in [0.2, 0.25) is 0 Å². The molecule has 1 aromatic carbocycles. The minimum Gasteiger partial charge on any atom is -0.492 e. The number of ether oxygens (including phenoxy) is 1. The molecule has 0 fully saturated rings. The molecule has 0 spiro atoms. The van der Waals surface area contributed by atoms with Crippen LogP contribution in [-0.4, -0.2) is 17.7 Å². The molecule has 0 aromatic heterocycles. The van der Waals surface area contributed by atoms with Crippen molar-refractivity contribution in [1.29, 1.82) is 0 Å². The first-order chi connectivity index (χ1) is 7.33. The monoisotopic (exact) mass is 222 g/mol. The number of aryl methyl sites for hydroxylation is 2. The average molecular weight is 222 g/mol. The van der Waals surface area contributed by atoms with Gasteiger partial charge in [-0.2, -0.15) is 0 Å². The summed E-state index contributed by atoms with van der Waals surface area (Å²) in [4.78, 5) is 10.9. The summed E-state index contributed by atoms with van der Waals surface area (Å²) in [5, 5.41) is 8.95. The summed E-state index contributed by atoms with van der Waals surface area (Å²) in [6, 6.07) is 5.85. The van der Waals surface area contributed by atoms with E-state index in [1.54, 1.807) is 13.8 Å². The van der Waals surface area contributed by atoms with Crippen molar-refractivity contribution in [3.05, 3.63) is 29.3 Å². The van der Waals surface area contributed by atoms with E-state index in [0.717, 1.165) is 11.3 Å². The molecule has 0 aliphatic carbocycles. The van der Waals surface area contributed by atoms with Gasteiger partial charge in [0.1, 0.15) is 12.4 Å². The first-order valence-corrected chi connectivity index (χ1v) is 5.26. The Kier molecular flexibility index (Phi) is 3.58. The molecule has 0 aliphatic heterocycles. The molecule has 3 nitrogen and oxygen atoms in total. The van der Waals surface area contributed by atoms with Gasteiger partial charge < -0.3 is 9.84 Å². The number of benzene rings is 1. The highest BCUT2D eigenvalue weighted by atomic mass is 16.5. The summed E-state index contributed by atoms with van der Waals surface area (Å²) in [6.07, 6.45) is 0. The van der Waals surface area contributed by atoms with Crippen molar-refractivity contribution in [3.8, 4) is 5.75 Å². The van der Waals surface area contributed by atoms with Gasteiger partial charge in [0.2, 0.25) is 0 Å². The zero-order valence-electron chi connectivity index (χ0n) is 10.2. The summed E-state index contributed by atoms with van der Waals surface area (Å²) in [7, 11) is 0. The van der Waals surface area contributed by atoms with E-state index in [9.17, 15) is 4.79 Å². The summed E-state index contributed by atoms with van der Waals surface area (Å²) in [5.74, 6) is -0.0998. The summed E-state index contributed by atoms with van der Waals surface area (Å²) in [5.41, 5.74) is 1.33. The lowest BCUT2D eigenvalue weighted by molar-refractivity contribution is -0.148. The lowest BCUT2D eigenvalue weighted by Gasteiger charge is -2.20. The topological polar surface area (TPSA) is 46.5 Å². The van der Waals surface area contributed by atoms with E-state index in [0.29, 0.717) is 0 Å². The quantitative estimate of drug-likeness (QED) is 0.852. The van der Waals surface area contributed by atoms with Gasteiger partial charge in [0, 0.05) is 0 Å². The maximum Gasteiger partial charge on any atom is 0.312 e. The molecule has 0 bridgehead atoms. The maximum absolute atomic E-state index is 10.9. The van der Waals surface area contributed by atoms with Crippen LogP contribution in [0.3, 0.4) is 0 Å². The van der Waals surface area contributed by atoms with Gasteiger partial charge in [0.25, 0.3) is 0 Å². The Morgan fingerprint density at radius 3 is 2.50 bits per heavy atom. The van der Waals surface area contributed by atoms with Crippen LogP contribution < -0.4 is 4.74 Å². The molecule has 0 saturated heterocycles. The van der Waals surface area contributed by atoms with Crippen LogP contribution >= 0.6 is 0 Å². The average Bonchev–Trinajstić information content (AvgIpc) is 2.16. The van der Waals surface area contributed by atoms with Gasteiger partial charge in [-0.3, -0.25) is 4.79 Å². The summed E-state index contributed by atoms with van der Waals surface area (Å²) < 4.78 is 5.54. The number of hydrogen-bond acceptors (Lipinski definition) is 2. The molecule has 1 aromatic rings. The number of hydrogen-bond donors (Lipinski definition) is 1. The van der Waals surface area contributed by atoms with Crippen LogP contribution in [0, 0.1) is 19.3 Å². The minimum atomic E-state index is -0.864. The molecule has 0 heterocycles. The molecule has 1 N–H and O–H groups in total. The Morgan fingerprint density at radius 2 is 2.00 bits per heavy atom. The number of carbonyl (C=O) groups is 1. The third kappa shape index (κ3) is 2.99. The van der Waals surface area contributed by atoms with Gasteiger partial charge in [-0.25, -0.2) is 0 Å². The molecule has 0 amide bonds. The van der Waals surface area contributed by atoms with Gasteiger partial charge in [-0.05, 0) is 39.3 Å². The van der Waals surface area contributed by atoms with Gasteiger partial charge in [0.05, 0.1) is 5.41 Å². The van der Waals surface area contributed by atoms with Crippen molar-refractivity contribution >= 4 is 5.97 Å². The first kappa shape index (κ1) is 12.6. The molecule has 88 valence electrons. The Morgan fingerprint density at radius 1 is 1.38 bits per heavy atom. The van der Waals surface area contributed by atoms with Gasteiger partial charge in [0.15, 0.2) is 0 Å². The zero-order chi connectivity index (χ0) is 12.3. The van der Waals surface area contributed by atoms with E-state index >= 15 is 0 Å². The van der Waals surface area contributed by atoms with E-state index in [2.05, 4.69) is 0 Å². The summed E-state index contributed by atoms with van der Waals surface area (Å²) in [6.45, 7) is 7.44. The van der Waals surface area contributed by atoms with Crippen molar-refractivity contribution in [2.45, 2.75) is 27.7 Å². The highest BCUT2D eigenvalue weighted by molar-refractivity contribution is 5.73. The number of carboxylic acids is 1. The molecule has 0 unspecified atom stereocenters. The number of rotatable bonds is 4. The predicted octanol–water partition coefficient (Wildman–Crippen LogP) is 2.79. The van der Waals surface area contributed by atoms with Gasteiger partial charge in [-0.15, -0.1) is 0 Å². The van der Waals surface area contributed by atoms with Crippen LogP contribution in [0.4, 0.5) is 0 Å². The van der Waals surface area contributed by atoms with Crippen molar-refractivity contribution in [2.75, 3.05) is 6.61 Å². The van der Waals surface area contributed by atoms with E-state index in [-0.39, 0.29) is 6.61 Å². The van der Waals surface area contributed by atoms with Gasteiger partial charge in [-0.1, -0.05) is 17.7 Å². The fraction of sp³-hybridized carbons (Fsp3) is 0.462. The molecule has 1 rings (SSSR count). The SMILES string of the molecule is Cc1ccc(OCC(C)(C)C(=O)O)c(C)c1. The van der Waals surface area contributed by atoms with E-state index < -0.39 is 11.4 Å². The largest absolute Gasteiger partial charge is 0.492 e. The smallest absolute Gasteiger partial charge is 0.312 e. The predicted molar refractivity (Wildman–Crippen MR) is 62.8 cm³/mol. The molecule has 16 heavy (non-hydrogen) atoms. The Hall–Kier alpha value is -1.51. The molecular formula is C13H18O3. The highest BCUT2D eigenvalue weighted by Gasteiger charge is 2.28. The van der Waals surface area contributed by atoms with Gasteiger partial charge >= 0.3 is 5.97 Å². The summed E-state index contributed by atoms with van der Waals surface area (Å²) >= 11 is 0. The van der Waals surface area contributed by atoms with Crippen LogP contribution in [0.5, 0.6) is 5.75 Å². The normalized spacial score (nSPS) is 11.2. The van der Waals surface area contributed by atoms with Crippen LogP contribution in [0.1, 0.15) is 25.0 Å². The van der Waals surface area contributed by atoms with Crippen LogP contribution in [0.15, 0.2) is 18.2 Å². The minimum absolute atomic E-state index is 0.173. The van der Waals surface area contributed by atoms with E-state index in [1.165, 1.54) is 5.56 Å². The maximum atomic E-state index is 10.9. The molecule has 0 saturated carbocycles. The molecular weight excluding hydrogens is 204 g/mol. The van der Waals surface area contributed by atoms with E-state index in [1.807, 2.05) is 32.0 Å². The Bertz CT molecular complexity index is 394. The third-order valence-electron chi connectivity index (χ3n) is 2.50. The highest BCUT2D eigenvalue weighted by Crippen LogP contribution is 2.22. The van der Waals surface area contributed by atoms with Crippen LogP contribution in [-0.2, 0) is 4.79 Å². The molecule has 0 radical (unpaired) electrons. The molecule has 0 atom stereocenters. The van der Waals surface area contributed by atoms with Crippen molar-refractivity contribution < 1.29 is 14.6 Å². The number of carboxylic acid groups (broad SMARTS) is 1. The van der Waals surface area contributed by atoms with Crippen molar-refractivity contribution in [1.82, 2.24) is 0 Å². The Balaban J connectivity index is 2.72. The lowest BCUT2D eigenvalue weighted by atomic mass is 9.95. The Labute approximate surface area is 96.1 Å². The molecule has 0 aliphatic rings. The van der Waals surface area contributed by atoms with E-state index in [4.69, 9.17) is 9.84 Å². The zero-order valence-corrected chi connectivity index (χ0v) is 10.2. The first-order valence-electron chi connectivity index (χ1n) is 5.26. The second kappa shape index (κ2) is 4.56.